The maximum absolute atomic E-state index is 5.78. The van der Waals surface area contributed by atoms with Gasteiger partial charge in [0.05, 0.1) is 0 Å². The van der Waals surface area contributed by atoms with Crippen molar-refractivity contribution in [1.82, 2.24) is 5.32 Å². The maximum Gasteiger partial charge on any atom is 0.171 e. The van der Waals surface area contributed by atoms with Gasteiger partial charge in [-0.15, -0.1) is 6.58 Å². The van der Waals surface area contributed by atoms with Crippen molar-refractivity contribution >= 4 is 23.0 Å². The molecule has 0 bridgehead atoms. The van der Waals surface area contributed by atoms with Crippen molar-refractivity contribution in [2.45, 2.75) is 6.61 Å². The van der Waals surface area contributed by atoms with E-state index < -0.39 is 0 Å². The second kappa shape index (κ2) is 8.07. The number of ether oxygens (including phenoxy) is 1. The summed E-state index contributed by atoms with van der Waals surface area (Å²) in [7, 11) is 0. The van der Waals surface area contributed by atoms with Crippen molar-refractivity contribution < 1.29 is 4.74 Å². The highest BCUT2D eigenvalue weighted by Crippen LogP contribution is 2.18. The fourth-order valence-electron chi connectivity index (χ4n) is 1.74. The Morgan fingerprint density at radius 1 is 1.14 bits per heavy atom. The normalized spacial score (nSPS) is 9.71. The van der Waals surface area contributed by atoms with Crippen LogP contribution in [0.1, 0.15) is 5.56 Å². The fourth-order valence-corrected chi connectivity index (χ4v) is 1.95. The van der Waals surface area contributed by atoms with E-state index in [9.17, 15) is 0 Å². The largest absolute Gasteiger partial charge is 0.489 e. The summed E-state index contributed by atoms with van der Waals surface area (Å²) < 4.78 is 5.78. The molecule has 0 aromatic heterocycles. The molecule has 2 N–H and O–H groups in total. The first-order valence-corrected chi connectivity index (χ1v) is 7.11. The zero-order valence-corrected chi connectivity index (χ0v) is 12.5. The van der Waals surface area contributed by atoms with Crippen LogP contribution in [0.15, 0.2) is 67.3 Å². The van der Waals surface area contributed by atoms with Gasteiger partial charge in [0.2, 0.25) is 0 Å². The Balaban J connectivity index is 1.91. The van der Waals surface area contributed by atoms with Gasteiger partial charge in [0.1, 0.15) is 12.4 Å². The van der Waals surface area contributed by atoms with Gasteiger partial charge < -0.3 is 15.4 Å². The van der Waals surface area contributed by atoms with Gasteiger partial charge in [-0.3, -0.25) is 0 Å². The molecule has 0 radical (unpaired) electrons. The molecule has 0 atom stereocenters. The second-order valence-corrected chi connectivity index (χ2v) is 4.83. The third kappa shape index (κ3) is 5.28. The summed E-state index contributed by atoms with van der Waals surface area (Å²) in [6, 6.07) is 17.8. The van der Waals surface area contributed by atoms with Crippen molar-refractivity contribution in [2.75, 3.05) is 11.9 Å². The van der Waals surface area contributed by atoms with Gasteiger partial charge >= 0.3 is 0 Å². The number of rotatable bonds is 6. The van der Waals surface area contributed by atoms with Crippen LogP contribution >= 0.6 is 12.2 Å². The van der Waals surface area contributed by atoms with E-state index in [-0.39, 0.29) is 0 Å². The van der Waals surface area contributed by atoms with Gasteiger partial charge in [0.15, 0.2) is 5.11 Å². The van der Waals surface area contributed by atoms with Crippen LogP contribution < -0.4 is 15.4 Å². The Morgan fingerprint density at radius 3 is 2.71 bits per heavy atom. The molecule has 0 saturated heterocycles. The van der Waals surface area contributed by atoms with Crippen molar-refractivity contribution in [2.24, 2.45) is 0 Å². The molecule has 0 amide bonds. The van der Waals surface area contributed by atoms with E-state index in [0.29, 0.717) is 18.3 Å². The maximum atomic E-state index is 5.78. The predicted molar refractivity (Wildman–Crippen MR) is 91.6 cm³/mol. The molecule has 0 fully saturated rings. The lowest BCUT2D eigenvalue weighted by Gasteiger charge is -2.11. The molecule has 2 aromatic carbocycles. The summed E-state index contributed by atoms with van der Waals surface area (Å²) in [5.74, 6) is 0.801. The number of hydrogen-bond acceptors (Lipinski definition) is 2. The van der Waals surface area contributed by atoms with Gasteiger partial charge in [-0.2, -0.15) is 0 Å². The van der Waals surface area contributed by atoms with Crippen LogP contribution in [0.3, 0.4) is 0 Å². The minimum atomic E-state index is 0.545. The van der Waals surface area contributed by atoms with Gasteiger partial charge in [0.25, 0.3) is 0 Å². The van der Waals surface area contributed by atoms with Crippen LogP contribution in [-0.4, -0.2) is 11.7 Å². The van der Waals surface area contributed by atoms with Crippen LogP contribution in [-0.2, 0) is 6.61 Å². The Morgan fingerprint density at radius 2 is 1.95 bits per heavy atom. The highest BCUT2D eigenvalue weighted by molar-refractivity contribution is 7.80. The third-order valence-electron chi connectivity index (χ3n) is 2.75. The average Bonchev–Trinajstić information content (AvgIpc) is 2.52. The van der Waals surface area contributed by atoms with E-state index in [1.807, 2.05) is 54.6 Å². The molecule has 0 aliphatic heterocycles. The minimum absolute atomic E-state index is 0.545. The van der Waals surface area contributed by atoms with E-state index >= 15 is 0 Å². The zero-order chi connectivity index (χ0) is 14.9. The third-order valence-corrected chi connectivity index (χ3v) is 2.99. The van der Waals surface area contributed by atoms with Crippen molar-refractivity contribution in [3.8, 4) is 5.75 Å². The lowest BCUT2D eigenvalue weighted by Crippen LogP contribution is -2.28. The molecule has 2 rings (SSSR count). The summed E-state index contributed by atoms with van der Waals surface area (Å²) in [6.07, 6.45) is 1.76. The first-order valence-electron chi connectivity index (χ1n) is 6.70. The molecule has 4 heteroatoms. The Kier molecular flexibility index (Phi) is 5.79. The molecule has 0 aliphatic carbocycles. The number of anilines is 1. The highest BCUT2D eigenvalue weighted by Gasteiger charge is 2.00. The number of benzene rings is 2. The lowest BCUT2D eigenvalue weighted by atomic mass is 10.2. The summed E-state index contributed by atoms with van der Waals surface area (Å²) in [6.45, 7) is 4.82. The van der Waals surface area contributed by atoms with Gasteiger partial charge in [-0.25, -0.2) is 0 Å². The summed E-state index contributed by atoms with van der Waals surface area (Å²) in [4.78, 5) is 0. The van der Waals surface area contributed by atoms with Crippen LogP contribution in [0.5, 0.6) is 5.75 Å². The van der Waals surface area contributed by atoms with E-state index in [0.717, 1.165) is 17.0 Å². The van der Waals surface area contributed by atoms with Crippen LogP contribution in [0.4, 0.5) is 5.69 Å². The minimum Gasteiger partial charge on any atom is -0.489 e. The van der Waals surface area contributed by atoms with Gasteiger partial charge in [-0.05, 0) is 29.9 Å². The topological polar surface area (TPSA) is 33.3 Å². The molecule has 0 unspecified atom stereocenters. The molecule has 0 aliphatic rings. The summed E-state index contributed by atoms with van der Waals surface area (Å²) in [5.41, 5.74) is 2.03. The average molecular weight is 298 g/mol. The summed E-state index contributed by atoms with van der Waals surface area (Å²) >= 11 is 5.18. The molecular weight excluding hydrogens is 280 g/mol. The molecule has 108 valence electrons. The number of nitrogens with one attached hydrogen (secondary N) is 2. The van der Waals surface area contributed by atoms with Gasteiger partial charge in [-0.1, -0.05) is 42.5 Å². The summed E-state index contributed by atoms with van der Waals surface area (Å²) in [5, 5.41) is 6.69. The van der Waals surface area contributed by atoms with E-state index in [2.05, 4.69) is 17.2 Å². The molecule has 2 aromatic rings. The molecule has 0 saturated carbocycles. The Labute approximate surface area is 130 Å². The first kappa shape index (κ1) is 15.1. The highest BCUT2D eigenvalue weighted by atomic mass is 32.1. The van der Waals surface area contributed by atoms with Crippen LogP contribution in [0, 0.1) is 0 Å². The Hall–Kier alpha value is -2.33. The van der Waals surface area contributed by atoms with Crippen molar-refractivity contribution in [1.29, 1.82) is 0 Å². The first-order chi connectivity index (χ1) is 10.3. The van der Waals surface area contributed by atoms with E-state index in [4.69, 9.17) is 17.0 Å². The lowest BCUT2D eigenvalue weighted by molar-refractivity contribution is 0.306. The van der Waals surface area contributed by atoms with Crippen LogP contribution in [0.2, 0.25) is 0 Å². The fraction of sp³-hybridized carbons (Fsp3) is 0.118. The molecule has 0 spiro atoms. The van der Waals surface area contributed by atoms with E-state index in [1.54, 1.807) is 6.08 Å². The quantitative estimate of drug-likeness (QED) is 0.629. The Bertz CT molecular complexity index is 599. The monoisotopic (exact) mass is 298 g/mol. The molecule has 3 nitrogen and oxygen atoms in total. The second-order valence-electron chi connectivity index (χ2n) is 4.43. The zero-order valence-electron chi connectivity index (χ0n) is 11.7. The molecule has 21 heavy (non-hydrogen) atoms. The molecule has 0 heterocycles. The number of hydrogen-bond donors (Lipinski definition) is 2. The standard InChI is InChI=1S/C17H18N2OS/c1-2-11-18-17(21)19-15-9-6-10-16(12-15)20-13-14-7-4-3-5-8-14/h2-10,12H,1,11,13H2,(H2,18,19,21). The van der Waals surface area contributed by atoms with Crippen molar-refractivity contribution in [3.05, 3.63) is 72.8 Å². The predicted octanol–water partition coefficient (Wildman–Crippen LogP) is 3.74. The number of thiocarbonyl (C=S) groups is 1. The smallest absolute Gasteiger partial charge is 0.171 e. The van der Waals surface area contributed by atoms with Crippen molar-refractivity contribution in [3.63, 3.8) is 0 Å². The SMILES string of the molecule is C=CCNC(=S)Nc1cccc(OCc2ccccc2)c1. The molecular formula is C17H18N2OS. The van der Waals surface area contributed by atoms with E-state index in [1.165, 1.54) is 0 Å². The van der Waals surface area contributed by atoms with Gasteiger partial charge in [0, 0.05) is 18.3 Å². The van der Waals surface area contributed by atoms with Crippen LogP contribution in [0.25, 0.3) is 0 Å².